The summed E-state index contributed by atoms with van der Waals surface area (Å²) in [5, 5.41) is 3.34. The lowest BCUT2D eigenvalue weighted by molar-refractivity contribution is 0.340. The number of anilines is 1. The second kappa shape index (κ2) is 6.42. The average Bonchev–Trinajstić information content (AvgIpc) is 2.44. The second-order valence-corrected chi connectivity index (χ2v) is 4.83. The summed E-state index contributed by atoms with van der Waals surface area (Å²) in [6, 6.07) is 12.8. The Morgan fingerprint density at radius 1 is 1.15 bits per heavy atom. The average molecular weight is 273 g/mol. The maximum atomic E-state index is 13.3. The summed E-state index contributed by atoms with van der Waals surface area (Å²) in [5.74, 6) is 0.641. The second-order valence-electron chi connectivity index (χ2n) is 4.83. The Balaban J connectivity index is 2.11. The van der Waals surface area contributed by atoms with Gasteiger partial charge in [0.1, 0.15) is 11.6 Å². The van der Waals surface area contributed by atoms with Crippen LogP contribution in [0.3, 0.4) is 0 Å². The van der Waals surface area contributed by atoms with Crippen LogP contribution in [0.5, 0.6) is 5.75 Å². The number of hydrogen-bond acceptors (Lipinski definition) is 2. The summed E-state index contributed by atoms with van der Waals surface area (Å²) in [6.45, 7) is 6.65. The number of nitrogens with one attached hydrogen (secondary N) is 1. The monoisotopic (exact) mass is 273 g/mol. The molecule has 2 aromatic rings. The normalized spacial score (nSPS) is 12.0. The van der Waals surface area contributed by atoms with Gasteiger partial charge in [0.2, 0.25) is 0 Å². The van der Waals surface area contributed by atoms with E-state index in [0.29, 0.717) is 6.61 Å². The van der Waals surface area contributed by atoms with Crippen LogP contribution < -0.4 is 10.1 Å². The van der Waals surface area contributed by atoms with E-state index in [1.165, 1.54) is 12.1 Å². The molecule has 0 heterocycles. The van der Waals surface area contributed by atoms with E-state index in [2.05, 4.69) is 12.2 Å². The first-order valence-corrected chi connectivity index (χ1v) is 6.85. The molecule has 0 aromatic heterocycles. The molecule has 3 heteroatoms. The number of ether oxygens (including phenoxy) is 1. The van der Waals surface area contributed by atoms with Gasteiger partial charge in [0.25, 0.3) is 0 Å². The van der Waals surface area contributed by atoms with E-state index in [1.807, 2.05) is 38.1 Å². The largest absolute Gasteiger partial charge is 0.494 e. The van der Waals surface area contributed by atoms with Crippen LogP contribution in [-0.4, -0.2) is 6.61 Å². The quantitative estimate of drug-likeness (QED) is 0.852. The van der Waals surface area contributed by atoms with Gasteiger partial charge in [0.05, 0.1) is 6.61 Å². The Morgan fingerprint density at radius 3 is 2.50 bits per heavy atom. The van der Waals surface area contributed by atoms with Crippen molar-refractivity contribution in [2.75, 3.05) is 11.9 Å². The molecular weight excluding hydrogens is 253 g/mol. The van der Waals surface area contributed by atoms with Gasteiger partial charge in [-0.25, -0.2) is 4.39 Å². The third-order valence-corrected chi connectivity index (χ3v) is 3.26. The molecule has 2 aromatic carbocycles. The minimum atomic E-state index is -0.225. The van der Waals surface area contributed by atoms with E-state index < -0.39 is 0 Å². The Morgan fingerprint density at radius 2 is 1.85 bits per heavy atom. The fourth-order valence-corrected chi connectivity index (χ4v) is 2.09. The molecule has 0 fully saturated rings. The highest BCUT2D eigenvalue weighted by Crippen LogP contribution is 2.24. The Hall–Kier alpha value is -2.03. The Bertz CT molecular complexity index is 566. The molecule has 0 spiro atoms. The van der Waals surface area contributed by atoms with Crippen molar-refractivity contribution in [1.82, 2.24) is 0 Å². The molecule has 1 atom stereocenters. The summed E-state index contributed by atoms with van der Waals surface area (Å²) in [4.78, 5) is 0. The van der Waals surface area contributed by atoms with E-state index in [-0.39, 0.29) is 11.9 Å². The molecule has 2 nitrogen and oxygen atoms in total. The zero-order valence-electron chi connectivity index (χ0n) is 12.1. The SMILES string of the molecule is CCOc1ccc(C(C)Nc2cc(F)ccc2C)cc1. The van der Waals surface area contributed by atoms with E-state index in [4.69, 9.17) is 4.74 Å². The van der Waals surface area contributed by atoms with Crippen LogP contribution in [0.1, 0.15) is 31.0 Å². The van der Waals surface area contributed by atoms with Gasteiger partial charge in [-0.1, -0.05) is 18.2 Å². The molecule has 20 heavy (non-hydrogen) atoms. The third kappa shape index (κ3) is 3.50. The summed E-state index contributed by atoms with van der Waals surface area (Å²) in [7, 11) is 0. The maximum Gasteiger partial charge on any atom is 0.125 e. The summed E-state index contributed by atoms with van der Waals surface area (Å²) in [6.07, 6.45) is 0. The minimum absolute atomic E-state index is 0.103. The van der Waals surface area contributed by atoms with E-state index in [9.17, 15) is 4.39 Å². The Labute approximate surface area is 119 Å². The Kier molecular flexibility index (Phi) is 4.61. The van der Waals surface area contributed by atoms with Gasteiger partial charge in [-0.05, 0) is 56.2 Å². The zero-order valence-corrected chi connectivity index (χ0v) is 12.1. The van der Waals surface area contributed by atoms with Crippen LogP contribution in [-0.2, 0) is 0 Å². The molecule has 1 unspecified atom stereocenters. The van der Waals surface area contributed by atoms with Gasteiger partial charge in [0.15, 0.2) is 0 Å². The molecule has 0 saturated heterocycles. The lowest BCUT2D eigenvalue weighted by Gasteiger charge is -2.18. The van der Waals surface area contributed by atoms with Crippen LogP contribution in [0.2, 0.25) is 0 Å². The number of benzene rings is 2. The fraction of sp³-hybridized carbons (Fsp3) is 0.294. The lowest BCUT2D eigenvalue weighted by Crippen LogP contribution is -2.08. The number of halogens is 1. The topological polar surface area (TPSA) is 21.3 Å². The van der Waals surface area contributed by atoms with Gasteiger partial charge >= 0.3 is 0 Å². The van der Waals surface area contributed by atoms with Crippen molar-refractivity contribution in [3.63, 3.8) is 0 Å². The number of rotatable bonds is 5. The summed E-state index contributed by atoms with van der Waals surface area (Å²) in [5.41, 5.74) is 2.99. The summed E-state index contributed by atoms with van der Waals surface area (Å²) < 4.78 is 18.7. The molecule has 1 N–H and O–H groups in total. The molecular formula is C17H20FNO. The first kappa shape index (κ1) is 14.4. The first-order chi connectivity index (χ1) is 9.60. The van der Waals surface area contributed by atoms with E-state index >= 15 is 0 Å². The number of aryl methyl sites for hydroxylation is 1. The van der Waals surface area contributed by atoms with Crippen molar-refractivity contribution in [2.45, 2.75) is 26.8 Å². The van der Waals surface area contributed by atoms with Gasteiger partial charge in [-0.15, -0.1) is 0 Å². The van der Waals surface area contributed by atoms with Crippen molar-refractivity contribution in [3.05, 3.63) is 59.4 Å². The van der Waals surface area contributed by atoms with Crippen LogP contribution in [0.25, 0.3) is 0 Å². The first-order valence-electron chi connectivity index (χ1n) is 6.85. The molecule has 0 aliphatic rings. The highest BCUT2D eigenvalue weighted by Gasteiger charge is 2.08. The van der Waals surface area contributed by atoms with E-state index in [0.717, 1.165) is 22.6 Å². The molecule has 0 aliphatic carbocycles. The minimum Gasteiger partial charge on any atom is -0.494 e. The highest BCUT2D eigenvalue weighted by molar-refractivity contribution is 5.52. The summed E-state index contributed by atoms with van der Waals surface area (Å²) >= 11 is 0. The molecule has 0 aliphatic heterocycles. The van der Waals surface area contributed by atoms with Crippen molar-refractivity contribution < 1.29 is 9.13 Å². The fourth-order valence-electron chi connectivity index (χ4n) is 2.09. The van der Waals surface area contributed by atoms with Crippen LogP contribution >= 0.6 is 0 Å². The van der Waals surface area contributed by atoms with Crippen LogP contribution in [0, 0.1) is 12.7 Å². The zero-order chi connectivity index (χ0) is 14.5. The molecule has 2 rings (SSSR count). The van der Waals surface area contributed by atoms with Gasteiger partial charge in [-0.3, -0.25) is 0 Å². The van der Waals surface area contributed by atoms with Gasteiger partial charge < -0.3 is 10.1 Å². The van der Waals surface area contributed by atoms with Crippen molar-refractivity contribution in [3.8, 4) is 5.75 Å². The molecule has 0 saturated carbocycles. The van der Waals surface area contributed by atoms with Gasteiger partial charge in [0, 0.05) is 11.7 Å². The smallest absolute Gasteiger partial charge is 0.125 e. The predicted molar refractivity (Wildman–Crippen MR) is 80.8 cm³/mol. The number of hydrogen-bond donors (Lipinski definition) is 1. The van der Waals surface area contributed by atoms with Crippen molar-refractivity contribution in [2.24, 2.45) is 0 Å². The predicted octanol–water partition coefficient (Wildman–Crippen LogP) is 4.71. The standard InChI is InChI=1S/C17H20FNO/c1-4-20-16-9-6-14(7-10-16)13(3)19-17-11-15(18)8-5-12(17)2/h5-11,13,19H,4H2,1-3H3. The van der Waals surface area contributed by atoms with Crippen LogP contribution in [0.4, 0.5) is 10.1 Å². The molecule has 0 bridgehead atoms. The van der Waals surface area contributed by atoms with Crippen molar-refractivity contribution in [1.29, 1.82) is 0 Å². The molecule has 0 amide bonds. The molecule has 0 radical (unpaired) electrons. The van der Waals surface area contributed by atoms with E-state index in [1.54, 1.807) is 6.07 Å². The van der Waals surface area contributed by atoms with Crippen LogP contribution in [0.15, 0.2) is 42.5 Å². The molecule has 106 valence electrons. The van der Waals surface area contributed by atoms with Gasteiger partial charge in [-0.2, -0.15) is 0 Å². The highest BCUT2D eigenvalue weighted by atomic mass is 19.1. The maximum absolute atomic E-state index is 13.3. The third-order valence-electron chi connectivity index (χ3n) is 3.26. The lowest BCUT2D eigenvalue weighted by atomic mass is 10.1. The van der Waals surface area contributed by atoms with Crippen molar-refractivity contribution >= 4 is 5.69 Å².